The van der Waals surface area contributed by atoms with Gasteiger partial charge in [0.2, 0.25) is 0 Å². The van der Waals surface area contributed by atoms with E-state index in [0.29, 0.717) is 46.0 Å². The number of rotatable bonds is 7. The van der Waals surface area contributed by atoms with Gasteiger partial charge in [0.1, 0.15) is 24.2 Å². The number of nitrogens with one attached hydrogen (secondary N) is 1. The van der Waals surface area contributed by atoms with E-state index in [2.05, 4.69) is 15.2 Å². The van der Waals surface area contributed by atoms with Crippen LogP contribution in [0.2, 0.25) is 0 Å². The molecule has 2 N–H and O–H groups in total. The van der Waals surface area contributed by atoms with Gasteiger partial charge in [0, 0.05) is 36.3 Å². The smallest absolute Gasteiger partial charge is 0.261 e. The van der Waals surface area contributed by atoms with Gasteiger partial charge in [-0.1, -0.05) is 12.1 Å². The molecule has 0 radical (unpaired) electrons. The van der Waals surface area contributed by atoms with E-state index in [9.17, 15) is 19.5 Å². The number of methoxy groups -OCH3 is 1. The molecular formula is C32H34N4O6. The van der Waals surface area contributed by atoms with Gasteiger partial charge in [-0.05, 0) is 68.9 Å². The van der Waals surface area contributed by atoms with Crippen LogP contribution >= 0.6 is 0 Å². The van der Waals surface area contributed by atoms with Crippen LogP contribution < -0.4 is 14.8 Å². The summed E-state index contributed by atoms with van der Waals surface area (Å²) in [6, 6.07) is 10.6. The minimum Gasteiger partial charge on any atom is -0.497 e. The molecule has 0 spiro atoms. The van der Waals surface area contributed by atoms with Crippen molar-refractivity contribution in [1.82, 2.24) is 9.80 Å². The van der Waals surface area contributed by atoms with Crippen LogP contribution in [-0.4, -0.2) is 90.8 Å². The molecule has 218 valence electrons. The molecule has 1 unspecified atom stereocenters. The van der Waals surface area contributed by atoms with Gasteiger partial charge in [-0.3, -0.25) is 24.3 Å². The minimum absolute atomic E-state index is 0.0272. The van der Waals surface area contributed by atoms with Gasteiger partial charge in [0.15, 0.2) is 5.78 Å². The predicted octanol–water partition coefficient (Wildman–Crippen LogP) is 3.02. The standard InChI is InChI=1S/C32H34N4O6/c1-35-11-9-20(10-12-35)36-31(39)24-13-19-14-28(34-27(19)16-25(24)32(36)40)30-26(7-4-8-29(30)38)33-17-21(37)18-42-23-6-3-5-22(15-23)41-2/h3-7,13,15-16,20-21,34,37H,8-12,14,17-18H2,1-2H3. The van der Waals surface area contributed by atoms with E-state index in [1.165, 1.54) is 4.90 Å². The molecule has 2 aromatic rings. The third-order valence-electron chi connectivity index (χ3n) is 8.22. The lowest BCUT2D eigenvalue weighted by atomic mass is 9.94. The fraction of sp³-hybridized carbons (Fsp3) is 0.375. The van der Waals surface area contributed by atoms with Gasteiger partial charge >= 0.3 is 0 Å². The third kappa shape index (κ3) is 5.35. The molecule has 3 aliphatic heterocycles. The van der Waals surface area contributed by atoms with E-state index in [4.69, 9.17) is 9.47 Å². The van der Waals surface area contributed by atoms with Gasteiger partial charge in [-0.25, -0.2) is 0 Å². The number of ketones is 1. The summed E-state index contributed by atoms with van der Waals surface area (Å²) in [7, 11) is 3.62. The number of fused-ring (bicyclic) bond motifs is 2. The van der Waals surface area contributed by atoms with Crippen LogP contribution in [0.25, 0.3) is 0 Å². The molecular weight excluding hydrogens is 536 g/mol. The number of aliphatic imine (C=N–C) groups is 1. The lowest BCUT2D eigenvalue weighted by molar-refractivity contribution is -0.114. The van der Waals surface area contributed by atoms with Crippen molar-refractivity contribution in [2.24, 2.45) is 4.99 Å². The average molecular weight is 571 g/mol. The van der Waals surface area contributed by atoms with Crippen LogP contribution in [0.4, 0.5) is 5.69 Å². The summed E-state index contributed by atoms with van der Waals surface area (Å²) in [5.41, 5.74) is 4.02. The molecule has 2 amide bonds. The first-order valence-corrected chi connectivity index (χ1v) is 14.3. The Labute approximate surface area is 244 Å². The van der Waals surface area contributed by atoms with Crippen LogP contribution in [-0.2, 0) is 11.2 Å². The summed E-state index contributed by atoms with van der Waals surface area (Å²) >= 11 is 0. The molecule has 4 aliphatic rings. The van der Waals surface area contributed by atoms with Gasteiger partial charge < -0.3 is 24.8 Å². The quantitative estimate of drug-likeness (QED) is 0.385. The molecule has 2 aromatic carbocycles. The number of ether oxygens (including phenoxy) is 2. The number of hydrogen-bond acceptors (Lipinski definition) is 9. The zero-order chi connectivity index (χ0) is 29.4. The Morgan fingerprint density at radius 2 is 1.81 bits per heavy atom. The normalized spacial score (nSPS) is 22.4. The van der Waals surface area contributed by atoms with Gasteiger partial charge in [-0.15, -0.1) is 0 Å². The molecule has 0 aromatic heterocycles. The van der Waals surface area contributed by atoms with Crippen molar-refractivity contribution in [1.29, 1.82) is 0 Å². The average Bonchev–Trinajstić information content (AvgIpc) is 3.51. The molecule has 10 heteroatoms. The first-order chi connectivity index (χ1) is 20.3. The summed E-state index contributed by atoms with van der Waals surface area (Å²) in [5.74, 6) is 0.657. The van der Waals surface area contributed by atoms with Crippen molar-refractivity contribution in [3.05, 3.63) is 76.5 Å². The zero-order valence-electron chi connectivity index (χ0n) is 23.8. The van der Waals surface area contributed by atoms with Gasteiger partial charge in [-0.2, -0.15) is 0 Å². The Balaban J connectivity index is 1.18. The summed E-state index contributed by atoms with van der Waals surface area (Å²) in [6.07, 6.45) is 4.86. The maximum atomic E-state index is 13.3. The zero-order valence-corrected chi connectivity index (χ0v) is 23.8. The highest BCUT2D eigenvalue weighted by molar-refractivity contribution is 6.29. The number of piperidine rings is 1. The summed E-state index contributed by atoms with van der Waals surface area (Å²) in [5, 5.41) is 13.9. The highest BCUT2D eigenvalue weighted by Gasteiger charge is 2.42. The topological polar surface area (TPSA) is 121 Å². The number of nitrogens with zero attached hydrogens (tertiary/aromatic N) is 3. The number of aliphatic hydroxyl groups is 1. The summed E-state index contributed by atoms with van der Waals surface area (Å²) in [6.45, 7) is 1.78. The first kappa shape index (κ1) is 27.9. The van der Waals surface area contributed by atoms with Crippen molar-refractivity contribution in [2.75, 3.05) is 45.7 Å². The number of anilines is 1. The minimum atomic E-state index is -0.887. The lowest BCUT2D eigenvalue weighted by Crippen LogP contribution is -2.46. The maximum absolute atomic E-state index is 13.3. The molecule has 42 heavy (non-hydrogen) atoms. The van der Waals surface area contributed by atoms with Crippen molar-refractivity contribution in [3.63, 3.8) is 0 Å². The molecule has 1 aliphatic carbocycles. The van der Waals surface area contributed by atoms with E-state index < -0.39 is 6.10 Å². The highest BCUT2D eigenvalue weighted by Crippen LogP contribution is 2.38. The Morgan fingerprint density at radius 3 is 2.57 bits per heavy atom. The summed E-state index contributed by atoms with van der Waals surface area (Å²) in [4.78, 5) is 47.9. The van der Waals surface area contributed by atoms with Gasteiger partial charge in [0.25, 0.3) is 11.8 Å². The number of aliphatic hydroxyl groups excluding tert-OH is 1. The Bertz CT molecular complexity index is 1490. The second kappa shape index (κ2) is 11.5. The molecule has 1 saturated heterocycles. The monoisotopic (exact) mass is 570 g/mol. The number of carbonyl (C=O) groups is 3. The molecule has 10 nitrogen and oxygen atoms in total. The number of hydrogen-bond donors (Lipinski definition) is 2. The van der Waals surface area contributed by atoms with Crippen LogP contribution in [0.5, 0.6) is 11.5 Å². The first-order valence-electron chi connectivity index (χ1n) is 14.3. The highest BCUT2D eigenvalue weighted by atomic mass is 16.5. The van der Waals surface area contributed by atoms with Crippen LogP contribution in [0, 0.1) is 0 Å². The Kier molecular flexibility index (Phi) is 7.66. The molecule has 3 heterocycles. The number of carbonyl (C=O) groups excluding carboxylic acids is 3. The number of likely N-dealkylation sites (tertiary alicyclic amines) is 1. The fourth-order valence-corrected chi connectivity index (χ4v) is 5.95. The Hall–Kier alpha value is -4.28. The predicted molar refractivity (Wildman–Crippen MR) is 157 cm³/mol. The van der Waals surface area contributed by atoms with E-state index in [1.807, 2.05) is 7.05 Å². The van der Waals surface area contributed by atoms with E-state index in [-0.39, 0.29) is 43.2 Å². The molecule has 0 bridgehead atoms. The number of Topliss-reactive ketones (excluding diaryl/α,β-unsaturated/α-hetero) is 1. The maximum Gasteiger partial charge on any atom is 0.261 e. The van der Waals surface area contributed by atoms with Crippen molar-refractivity contribution < 1.29 is 29.0 Å². The van der Waals surface area contributed by atoms with Crippen molar-refractivity contribution in [3.8, 4) is 11.5 Å². The second-order valence-electron chi connectivity index (χ2n) is 11.1. The number of allylic oxidation sites excluding steroid dienone is 4. The van der Waals surface area contributed by atoms with E-state index in [0.717, 1.165) is 37.2 Å². The molecule has 1 fully saturated rings. The van der Waals surface area contributed by atoms with E-state index in [1.54, 1.807) is 55.7 Å². The number of imide groups is 1. The molecule has 0 saturated carbocycles. The third-order valence-corrected chi connectivity index (χ3v) is 8.22. The second-order valence-corrected chi connectivity index (χ2v) is 11.1. The van der Waals surface area contributed by atoms with Crippen LogP contribution in [0.1, 0.15) is 45.5 Å². The van der Waals surface area contributed by atoms with E-state index >= 15 is 0 Å². The van der Waals surface area contributed by atoms with Crippen LogP contribution in [0.3, 0.4) is 0 Å². The van der Waals surface area contributed by atoms with Crippen LogP contribution in [0.15, 0.2) is 64.8 Å². The molecule has 6 rings (SSSR count). The summed E-state index contributed by atoms with van der Waals surface area (Å²) < 4.78 is 10.9. The molecule has 1 atom stereocenters. The SMILES string of the molecule is COc1cccc(OCC(O)CN=C2C=CCC(=O)C2=C2Cc3cc4c(cc3N2)C(=O)N(C2CCN(C)CC2)C4=O)c1. The lowest BCUT2D eigenvalue weighted by Gasteiger charge is -2.33. The number of amides is 2. The fourth-order valence-electron chi connectivity index (χ4n) is 5.95. The van der Waals surface area contributed by atoms with Crippen molar-refractivity contribution in [2.45, 2.75) is 37.8 Å². The van der Waals surface area contributed by atoms with Gasteiger partial charge in [0.05, 0.1) is 36.1 Å². The largest absolute Gasteiger partial charge is 0.497 e. The number of benzene rings is 2. The Morgan fingerprint density at radius 1 is 1.07 bits per heavy atom. The van der Waals surface area contributed by atoms with Crippen molar-refractivity contribution >= 4 is 29.0 Å².